The van der Waals surface area contributed by atoms with Gasteiger partial charge in [-0.05, 0) is 32.4 Å². The third-order valence-electron chi connectivity index (χ3n) is 2.86. The van der Waals surface area contributed by atoms with Crippen LogP contribution in [-0.2, 0) is 4.74 Å². The van der Waals surface area contributed by atoms with Crippen molar-refractivity contribution in [1.29, 1.82) is 0 Å². The van der Waals surface area contributed by atoms with Crippen molar-refractivity contribution in [3.63, 3.8) is 0 Å². The molecule has 1 saturated heterocycles. The van der Waals surface area contributed by atoms with E-state index in [1.807, 2.05) is 13.8 Å². The Hall–Kier alpha value is -1.05. The molecule has 0 amide bonds. The van der Waals surface area contributed by atoms with Gasteiger partial charge in [0.15, 0.2) is 16.6 Å². The van der Waals surface area contributed by atoms with Gasteiger partial charge in [0.2, 0.25) is 0 Å². The third-order valence-corrected chi connectivity index (χ3v) is 3.66. The number of nitrogens with two attached hydrogens (primary N) is 1. The van der Waals surface area contributed by atoms with Crippen LogP contribution >= 0.6 is 11.5 Å². The lowest BCUT2D eigenvalue weighted by Gasteiger charge is -2.30. The number of nitrogens with zero attached hydrogens (tertiary/aromatic N) is 2. The lowest BCUT2D eigenvalue weighted by Crippen LogP contribution is -2.43. The molecule has 3 N–H and O–H groups in total. The monoisotopic (exact) mass is 286 g/mol. The Morgan fingerprint density at radius 3 is 3.11 bits per heavy atom. The zero-order chi connectivity index (χ0) is 13.8. The standard InChI is InChI=1S/C12H22N4O2S/c1-8(2)18-10-11(13)15-19-12(10)14-6-9-7-16(3)4-5-17-9/h8-9,14H,4-7H2,1-3H3,(H2,13,15). The van der Waals surface area contributed by atoms with Crippen LogP contribution in [0.2, 0.25) is 0 Å². The minimum atomic E-state index is 0.0799. The third kappa shape index (κ3) is 3.95. The molecule has 19 heavy (non-hydrogen) atoms. The molecule has 0 bridgehead atoms. The highest BCUT2D eigenvalue weighted by Crippen LogP contribution is 2.35. The number of anilines is 2. The van der Waals surface area contributed by atoms with Crippen LogP contribution in [0.3, 0.4) is 0 Å². The van der Waals surface area contributed by atoms with Crippen LogP contribution in [0, 0.1) is 0 Å². The molecule has 1 aliphatic rings. The fourth-order valence-electron chi connectivity index (χ4n) is 1.95. The van der Waals surface area contributed by atoms with Crippen LogP contribution in [0.25, 0.3) is 0 Å². The van der Waals surface area contributed by atoms with E-state index in [1.54, 1.807) is 0 Å². The van der Waals surface area contributed by atoms with E-state index in [1.165, 1.54) is 11.5 Å². The largest absolute Gasteiger partial charge is 0.484 e. The van der Waals surface area contributed by atoms with Gasteiger partial charge in [-0.15, -0.1) is 0 Å². The van der Waals surface area contributed by atoms with E-state index in [9.17, 15) is 0 Å². The second-order valence-corrected chi connectivity index (χ2v) is 5.80. The maximum Gasteiger partial charge on any atom is 0.197 e. The predicted octanol–water partition coefficient (Wildman–Crippen LogP) is 1.25. The molecule has 7 heteroatoms. The second kappa shape index (κ2) is 6.40. The maximum atomic E-state index is 5.82. The van der Waals surface area contributed by atoms with E-state index >= 15 is 0 Å². The summed E-state index contributed by atoms with van der Waals surface area (Å²) in [6.07, 6.45) is 0.269. The molecule has 1 aliphatic heterocycles. The summed E-state index contributed by atoms with van der Waals surface area (Å²) in [5.74, 6) is 1.10. The molecule has 108 valence electrons. The minimum Gasteiger partial charge on any atom is -0.484 e. The van der Waals surface area contributed by atoms with E-state index < -0.39 is 0 Å². The van der Waals surface area contributed by atoms with Crippen molar-refractivity contribution in [2.75, 3.05) is 44.3 Å². The number of nitrogen functional groups attached to an aromatic ring is 1. The summed E-state index contributed by atoms with van der Waals surface area (Å²) in [4.78, 5) is 2.27. The molecule has 1 atom stereocenters. The number of aromatic nitrogens is 1. The van der Waals surface area contributed by atoms with Gasteiger partial charge >= 0.3 is 0 Å². The van der Waals surface area contributed by atoms with Crippen molar-refractivity contribution in [3.05, 3.63) is 0 Å². The Labute approximate surface area is 118 Å². The van der Waals surface area contributed by atoms with Gasteiger partial charge in [0, 0.05) is 19.6 Å². The zero-order valence-electron chi connectivity index (χ0n) is 11.7. The molecule has 1 fully saturated rings. The van der Waals surface area contributed by atoms with Gasteiger partial charge in [-0.3, -0.25) is 0 Å². The van der Waals surface area contributed by atoms with E-state index in [0.717, 1.165) is 31.2 Å². The first kappa shape index (κ1) is 14.4. The van der Waals surface area contributed by atoms with Gasteiger partial charge in [-0.2, -0.15) is 4.37 Å². The highest BCUT2D eigenvalue weighted by atomic mass is 32.1. The molecular weight excluding hydrogens is 264 g/mol. The number of nitrogens with one attached hydrogen (secondary N) is 1. The van der Waals surface area contributed by atoms with Gasteiger partial charge in [0.05, 0.1) is 18.8 Å². The number of rotatable bonds is 5. The van der Waals surface area contributed by atoms with Crippen LogP contribution in [-0.4, -0.2) is 54.8 Å². The molecule has 0 spiro atoms. The molecule has 1 aromatic rings. The average Bonchev–Trinajstić information content (AvgIpc) is 2.68. The molecular formula is C12H22N4O2S. The van der Waals surface area contributed by atoms with E-state index in [-0.39, 0.29) is 12.2 Å². The van der Waals surface area contributed by atoms with Crippen molar-refractivity contribution < 1.29 is 9.47 Å². The highest BCUT2D eigenvalue weighted by molar-refractivity contribution is 7.11. The van der Waals surface area contributed by atoms with Crippen molar-refractivity contribution >= 4 is 22.4 Å². The van der Waals surface area contributed by atoms with E-state index in [0.29, 0.717) is 11.6 Å². The molecule has 0 radical (unpaired) electrons. The Morgan fingerprint density at radius 1 is 1.63 bits per heavy atom. The fraction of sp³-hybridized carbons (Fsp3) is 0.750. The van der Waals surface area contributed by atoms with Crippen LogP contribution < -0.4 is 15.8 Å². The summed E-state index contributed by atoms with van der Waals surface area (Å²) >= 11 is 1.33. The van der Waals surface area contributed by atoms with Crippen LogP contribution in [0.5, 0.6) is 5.75 Å². The first-order valence-corrected chi connectivity index (χ1v) is 7.29. The zero-order valence-corrected chi connectivity index (χ0v) is 12.5. The van der Waals surface area contributed by atoms with Gasteiger partial charge in [0.1, 0.15) is 0 Å². The van der Waals surface area contributed by atoms with Crippen LogP contribution in [0.15, 0.2) is 0 Å². The SMILES string of the molecule is CC(C)Oc1c(N)nsc1NCC1CN(C)CCO1. The fourth-order valence-corrected chi connectivity index (χ4v) is 2.61. The summed E-state index contributed by atoms with van der Waals surface area (Å²) in [5, 5.41) is 4.21. The highest BCUT2D eigenvalue weighted by Gasteiger charge is 2.20. The summed E-state index contributed by atoms with van der Waals surface area (Å²) in [5.41, 5.74) is 5.82. The number of ether oxygens (including phenoxy) is 2. The maximum absolute atomic E-state index is 5.82. The lowest BCUT2D eigenvalue weighted by molar-refractivity contribution is -0.0117. The summed E-state index contributed by atoms with van der Waals surface area (Å²) in [7, 11) is 2.10. The molecule has 2 heterocycles. The second-order valence-electron chi connectivity index (χ2n) is 5.03. The number of likely N-dealkylation sites (N-methyl/N-ethyl adjacent to an activating group) is 1. The van der Waals surface area contributed by atoms with E-state index in [4.69, 9.17) is 15.2 Å². The Kier molecular flexibility index (Phi) is 4.84. The first-order chi connectivity index (χ1) is 9.06. The normalized spacial score (nSPS) is 20.7. The topological polar surface area (TPSA) is 72.6 Å². The Morgan fingerprint density at radius 2 is 2.42 bits per heavy atom. The molecule has 0 aliphatic carbocycles. The first-order valence-electron chi connectivity index (χ1n) is 6.52. The number of morpholine rings is 1. The number of hydrogen-bond acceptors (Lipinski definition) is 7. The smallest absolute Gasteiger partial charge is 0.197 e. The quantitative estimate of drug-likeness (QED) is 0.849. The molecule has 1 unspecified atom stereocenters. The molecule has 2 rings (SSSR count). The van der Waals surface area contributed by atoms with Gasteiger partial charge in [0.25, 0.3) is 0 Å². The molecule has 1 aromatic heterocycles. The van der Waals surface area contributed by atoms with Crippen molar-refractivity contribution in [1.82, 2.24) is 9.27 Å². The van der Waals surface area contributed by atoms with E-state index in [2.05, 4.69) is 21.6 Å². The van der Waals surface area contributed by atoms with Crippen molar-refractivity contribution in [3.8, 4) is 5.75 Å². The Bertz CT molecular complexity index is 410. The summed E-state index contributed by atoms with van der Waals surface area (Å²) in [6, 6.07) is 0. The predicted molar refractivity (Wildman–Crippen MR) is 78.0 cm³/mol. The van der Waals surface area contributed by atoms with Gasteiger partial charge in [-0.1, -0.05) is 0 Å². The average molecular weight is 286 g/mol. The minimum absolute atomic E-state index is 0.0799. The van der Waals surface area contributed by atoms with Gasteiger partial charge in [-0.25, -0.2) is 0 Å². The van der Waals surface area contributed by atoms with Crippen LogP contribution in [0.1, 0.15) is 13.8 Å². The van der Waals surface area contributed by atoms with Gasteiger partial charge < -0.3 is 25.4 Å². The Balaban J connectivity index is 1.92. The number of hydrogen-bond donors (Lipinski definition) is 2. The molecule has 0 aromatic carbocycles. The molecule has 0 saturated carbocycles. The molecule has 6 nitrogen and oxygen atoms in total. The van der Waals surface area contributed by atoms with Crippen molar-refractivity contribution in [2.45, 2.75) is 26.1 Å². The summed E-state index contributed by atoms with van der Waals surface area (Å²) < 4.78 is 15.5. The van der Waals surface area contributed by atoms with Crippen LogP contribution in [0.4, 0.5) is 10.8 Å². The lowest BCUT2D eigenvalue weighted by atomic mass is 10.3. The van der Waals surface area contributed by atoms with Crippen molar-refractivity contribution in [2.24, 2.45) is 0 Å². The summed E-state index contributed by atoms with van der Waals surface area (Å²) in [6.45, 7) is 7.39.